The summed E-state index contributed by atoms with van der Waals surface area (Å²) in [4.78, 5) is 23.1. The van der Waals surface area contributed by atoms with E-state index in [1.165, 1.54) is 18.2 Å². The summed E-state index contributed by atoms with van der Waals surface area (Å²) in [6.07, 6.45) is 0. The molecule has 0 spiro atoms. The van der Waals surface area contributed by atoms with E-state index in [2.05, 4.69) is 9.47 Å². The number of hydrogen-bond donors (Lipinski definition) is 4. The predicted octanol–water partition coefficient (Wildman–Crippen LogP) is -0.683. The van der Waals surface area contributed by atoms with Gasteiger partial charge in [-0.25, -0.2) is 9.59 Å². The fourth-order valence-electron chi connectivity index (χ4n) is 1.24. The minimum Gasteiger partial charge on any atom is -0.405 e. The molecule has 0 aliphatic rings. The van der Waals surface area contributed by atoms with Crippen molar-refractivity contribution in [2.45, 2.75) is 25.8 Å². The fraction of sp³-hybridized carbons (Fsp3) is 0.333. The maximum absolute atomic E-state index is 11.5. The normalized spacial score (nSPS) is 11.9. The fourth-order valence-corrected chi connectivity index (χ4v) is 1.24. The summed E-state index contributed by atoms with van der Waals surface area (Å²) >= 11 is 0. The smallest absolute Gasteiger partial charge is 0.342 e. The van der Waals surface area contributed by atoms with E-state index in [-0.39, 0.29) is 11.1 Å². The van der Waals surface area contributed by atoms with Crippen LogP contribution in [0.4, 0.5) is 0 Å². The lowest BCUT2D eigenvalue weighted by Gasteiger charge is -2.17. The topological polar surface area (TPSA) is 134 Å². The molecule has 110 valence electrons. The summed E-state index contributed by atoms with van der Waals surface area (Å²) in [6.45, 7) is 1.68. The quantitative estimate of drug-likeness (QED) is 0.422. The van der Waals surface area contributed by atoms with Crippen LogP contribution in [0.15, 0.2) is 24.3 Å². The molecule has 1 rings (SSSR count). The zero-order valence-electron chi connectivity index (χ0n) is 10.7. The average Bonchev–Trinajstić information content (AvgIpc) is 2.24. The van der Waals surface area contributed by atoms with E-state index in [1.54, 1.807) is 0 Å². The molecule has 0 saturated heterocycles. The Morgan fingerprint density at radius 2 is 1.25 bits per heavy atom. The molecule has 0 aromatic heterocycles. The van der Waals surface area contributed by atoms with Crippen LogP contribution in [0.1, 0.15) is 34.6 Å². The van der Waals surface area contributed by atoms with E-state index in [4.69, 9.17) is 20.4 Å². The predicted molar refractivity (Wildman–Crippen MR) is 63.0 cm³/mol. The Labute approximate surface area is 113 Å². The maximum Gasteiger partial charge on any atom is 0.342 e. The number of carbonyl (C=O) groups excluding carboxylic acids is 2. The first-order valence-corrected chi connectivity index (χ1v) is 5.44. The minimum atomic E-state index is -2.65. The second-order valence-corrected chi connectivity index (χ2v) is 4.23. The first-order valence-electron chi connectivity index (χ1n) is 5.44. The lowest BCUT2D eigenvalue weighted by atomic mass is 10.1. The van der Waals surface area contributed by atoms with Crippen molar-refractivity contribution in [1.82, 2.24) is 0 Å². The molecule has 0 radical (unpaired) electrons. The van der Waals surface area contributed by atoms with E-state index in [9.17, 15) is 9.59 Å². The number of aliphatic hydroxyl groups is 4. The lowest BCUT2D eigenvalue weighted by Crippen LogP contribution is -2.31. The summed E-state index contributed by atoms with van der Waals surface area (Å²) < 4.78 is 8.56. The van der Waals surface area contributed by atoms with Crippen molar-refractivity contribution in [2.24, 2.45) is 0 Å². The molecular formula is C12H14O8. The molecule has 1 aromatic rings. The van der Waals surface area contributed by atoms with Crippen molar-refractivity contribution < 1.29 is 39.5 Å². The van der Waals surface area contributed by atoms with Crippen LogP contribution in [0.2, 0.25) is 0 Å². The largest absolute Gasteiger partial charge is 0.405 e. The zero-order valence-corrected chi connectivity index (χ0v) is 10.7. The second kappa shape index (κ2) is 5.55. The number of hydrogen-bond acceptors (Lipinski definition) is 8. The zero-order chi connectivity index (χ0) is 15.6. The number of rotatable bonds is 4. The molecule has 0 unspecified atom stereocenters. The highest BCUT2D eigenvalue weighted by atomic mass is 16.8. The summed E-state index contributed by atoms with van der Waals surface area (Å²) in [5.74, 6) is -7.46. The van der Waals surface area contributed by atoms with Crippen LogP contribution in [-0.4, -0.2) is 44.3 Å². The third-order valence-electron chi connectivity index (χ3n) is 1.91. The van der Waals surface area contributed by atoms with E-state index in [0.29, 0.717) is 0 Å². The monoisotopic (exact) mass is 286 g/mol. The lowest BCUT2D eigenvalue weighted by molar-refractivity contribution is -0.295. The molecule has 0 saturated carbocycles. The van der Waals surface area contributed by atoms with Crippen LogP contribution >= 0.6 is 0 Å². The van der Waals surface area contributed by atoms with E-state index in [1.807, 2.05) is 0 Å². The number of esters is 2. The van der Waals surface area contributed by atoms with Crippen LogP contribution in [0, 0.1) is 0 Å². The summed E-state index contributed by atoms with van der Waals surface area (Å²) in [5.41, 5.74) is -0.294. The van der Waals surface area contributed by atoms with Gasteiger partial charge in [0.25, 0.3) is 0 Å². The molecule has 0 atom stereocenters. The van der Waals surface area contributed by atoms with Gasteiger partial charge in [0, 0.05) is 13.8 Å². The molecule has 0 bridgehead atoms. The van der Waals surface area contributed by atoms with Gasteiger partial charge in [0.1, 0.15) is 0 Å². The molecule has 0 heterocycles. The van der Waals surface area contributed by atoms with Gasteiger partial charge in [0.15, 0.2) is 0 Å². The van der Waals surface area contributed by atoms with Crippen LogP contribution in [0.5, 0.6) is 0 Å². The van der Waals surface area contributed by atoms with Crippen molar-refractivity contribution in [1.29, 1.82) is 0 Å². The Morgan fingerprint density at radius 3 is 1.55 bits per heavy atom. The highest BCUT2D eigenvalue weighted by Crippen LogP contribution is 2.13. The van der Waals surface area contributed by atoms with Crippen LogP contribution in [0.3, 0.4) is 0 Å². The highest BCUT2D eigenvalue weighted by Gasteiger charge is 2.25. The highest BCUT2D eigenvalue weighted by molar-refractivity contribution is 5.95. The Bertz CT molecular complexity index is 466. The molecule has 8 nitrogen and oxygen atoms in total. The van der Waals surface area contributed by atoms with Gasteiger partial charge < -0.3 is 29.9 Å². The first-order chi connectivity index (χ1) is 8.98. The maximum atomic E-state index is 11.5. The summed E-state index contributed by atoms with van der Waals surface area (Å²) in [7, 11) is 0. The third-order valence-corrected chi connectivity index (χ3v) is 1.91. The third kappa shape index (κ3) is 5.33. The van der Waals surface area contributed by atoms with Gasteiger partial charge in [-0.3, -0.25) is 0 Å². The van der Waals surface area contributed by atoms with Gasteiger partial charge in [0.05, 0.1) is 11.1 Å². The van der Waals surface area contributed by atoms with Gasteiger partial charge in [-0.15, -0.1) is 0 Å². The molecule has 4 N–H and O–H groups in total. The van der Waals surface area contributed by atoms with E-state index >= 15 is 0 Å². The van der Waals surface area contributed by atoms with Crippen molar-refractivity contribution in [3.63, 3.8) is 0 Å². The number of carbonyl (C=O) groups is 2. The van der Waals surface area contributed by atoms with Gasteiger partial charge >= 0.3 is 23.9 Å². The van der Waals surface area contributed by atoms with Crippen molar-refractivity contribution in [3.05, 3.63) is 35.4 Å². The van der Waals surface area contributed by atoms with Crippen molar-refractivity contribution in [3.8, 4) is 0 Å². The number of ether oxygens (including phenoxy) is 2. The Morgan fingerprint density at radius 1 is 0.900 bits per heavy atom. The summed E-state index contributed by atoms with van der Waals surface area (Å²) in [5, 5.41) is 35.7. The van der Waals surface area contributed by atoms with Crippen LogP contribution < -0.4 is 0 Å². The molecule has 0 aliphatic carbocycles. The van der Waals surface area contributed by atoms with Gasteiger partial charge in [-0.2, -0.15) is 0 Å². The number of benzene rings is 1. The second-order valence-electron chi connectivity index (χ2n) is 4.23. The molecule has 1 aromatic carbocycles. The minimum absolute atomic E-state index is 0.147. The molecule has 0 aliphatic heterocycles. The van der Waals surface area contributed by atoms with E-state index < -0.39 is 23.9 Å². The Kier molecular flexibility index (Phi) is 4.46. The first kappa shape index (κ1) is 16.1. The van der Waals surface area contributed by atoms with Crippen molar-refractivity contribution >= 4 is 11.9 Å². The molecule has 0 fully saturated rings. The van der Waals surface area contributed by atoms with E-state index in [0.717, 1.165) is 19.9 Å². The Balaban J connectivity index is 2.91. The molecule has 8 heteroatoms. The van der Waals surface area contributed by atoms with Crippen molar-refractivity contribution in [2.75, 3.05) is 0 Å². The molecular weight excluding hydrogens is 272 g/mol. The molecule has 0 amide bonds. The van der Waals surface area contributed by atoms with Gasteiger partial charge in [-0.1, -0.05) is 6.07 Å². The average molecular weight is 286 g/mol. The SMILES string of the molecule is CC(O)(O)OC(=O)c1cccc(C(=O)OC(C)(O)O)c1. The Hall–Kier alpha value is -2.00. The summed E-state index contributed by atoms with van der Waals surface area (Å²) in [6, 6.07) is 4.89. The molecule has 20 heavy (non-hydrogen) atoms. The van der Waals surface area contributed by atoms with Crippen LogP contribution in [0.25, 0.3) is 0 Å². The van der Waals surface area contributed by atoms with Crippen LogP contribution in [-0.2, 0) is 9.47 Å². The van der Waals surface area contributed by atoms with Gasteiger partial charge in [-0.05, 0) is 18.2 Å². The van der Waals surface area contributed by atoms with Gasteiger partial charge in [0.2, 0.25) is 0 Å². The standard InChI is InChI=1S/C12H14O8/c1-11(15,16)19-9(13)7-4-3-5-8(6-7)10(14)20-12(2,17)18/h3-6,15-18H,1-2H3.